The number of carbonyl (C=O) groups is 2. The smallest absolute Gasteiger partial charge is 0.338 e. The molecule has 0 bridgehead atoms. The Morgan fingerprint density at radius 2 is 1.82 bits per heavy atom. The Balaban J connectivity index is 1.54. The van der Waals surface area contributed by atoms with E-state index < -0.39 is 0 Å². The van der Waals surface area contributed by atoms with Crippen LogP contribution in [0.3, 0.4) is 0 Å². The van der Waals surface area contributed by atoms with Crippen molar-refractivity contribution in [2.45, 2.75) is 19.8 Å². The Labute approximate surface area is 163 Å². The molecule has 0 spiro atoms. The molecule has 3 aromatic rings. The number of fused-ring (bicyclic) bond motifs is 1. The van der Waals surface area contributed by atoms with Crippen molar-refractivity contribution in [1.82, 2.24) is 0 Å². The minimum Gasteiger partial charge on any atom is -0.462 e. The molecule has 28 heavy (non-hydrogen) atoms. The van der Waals surface area contributed by atoms with Crippen LogP contribution in [0.2, 0.25) is 0 Å². The van der Waals surface area contributed by atoms with Crippen molar-refractivity contribution in [3.63, 3.8) is 0 Å². The summed E-state index contributed by atoms with van der Waals surface area (Å²) < 4.78 is 10.9. The molecule has 4 nitrogen and oxygen atoms in total. The summed E-state index contributed by atoms with van der Waals surface area (Å²) in [5.41, 5.74) is 4.01. The Bertz CT molecular complexity index is 1050. The molecule has 140 valence electrons. The first-order valence-corrected chi connectivity index (χ1v) is 9.36. The number of Topliss-reactive ketones (excluding diaryl/α,β-unsaturated/α-hetero) is 1. The van der Waals surface area contributed by atoms with Crippen LogP contribution in [0, 0.1) is 0 Å². The normalized spacial score (nSPS) is 14.8. The summed E-state index contributed by atoms with van der Waals surface area (Å²) in [5.74, 6) is 1.06. The van der Waals surface area contributed by atoms with Crippen molar-refractivity contribution in [1.29, 1.82) is 0 Å². The van der Waals surface area contributed by atoms with Gasteiger partial charge in [-0.15, -0.1) is 0 Å². The topological polar surface area (TPSA) is 56.5 Å². The molecule has 0 saturated heterocycles. The average molecular weight is 372 g/mol. The maximum Gasteiger partial charge on any atom is 0.338 e. The lowest BCUT2D eigenvalue weighted by molar-refractivity contribution is 0.0526. The van der Waals surface area contributed by atoms with E-state index in [1.165, 1.54) is 0 Å². The van der Waals surface area contributed by atoms with E-state index in [1.54, 1.807) is 19.1 Å². The lowest BCUT2D eigenvalue weighted by Crippen LogP contribution is -2.13. The molecule has 0 unspecified atom stereocenters. The Kier molecular flexibility index (Phi) is 4.94. The second-order valence-electron chi connectivity index (χ2n) is 6.66. The van der Waals surface area contributed by atoms with E-state index in [1.807, 2.05) is 54.6 Å². The van der Waals surface area contributed by atoms with Gasteiger partial charge in [0.1, 0.15) is 11.5 Å². The van der Waals surface area contributed by atoms with Crippen LogP contribution >= 0.6 is 0 Å². The summed E-state index contributed by atoms with van der Waals surface area (Å²) >= 11 is 0. The summed E-state index contributed by atoms with van der Waals surface area (Å²) in [7, 11) is 0. The maximum atomic E-state index is 12.7. The second kappa shape index (κ2) is 7.69. The van der Waals surface area contributed by atoms with E-state index in [0.717, 1.165) is 28.7 Å². The monoisotopic (exact) mass is 372 g/mol. The Morgan fingerprint density at radius 3 is 2.61 bits per heavy atom. The first-order valence-electron chi connectivity index (χ1n) is 9.36. The van der Waals surface area contributed by atoms with Crippen molar-refractivity contribution in [2.24, 2.45) is 0 Å². The van der Waals surface area contributed by atoms with Crippen LogP contribution in [-0.4, -0.2) is 18.4 Å². The quantitative estimate of drug-likeness (QED) is 0.458. The molecule has 0 amide bonds. The minimum atomic E-state index is -0.338. The fourth-order valence-corrected chi connectivity index (χ4v) is 3.40. The van der Waals surface area contributed by atoms with Crippen LogP contribution in [0.1, 0.15) is 45.4 Å². The summed E-state index contributed by atoms with van der Waals surface area (Å²) in [5, 5.41) is 0. The number of ether oxygens (including phenoxy) is 1. The average Bonchev–Trinajstić information content (AvgIpc) is 3.19. The fourth-order valence-electron chi connectivity index (χ4n) is 3.40. The number of esters is 1. The van der Waals surface area contributed by atoms with Crippen molar-refractivity contribution in [3.8, 4) is 11.3 Å². The van der Waals surface area contributed by atoms with E-state index in [-0.39, 0.29) is 11.8 Å². The Morgan fingerprint density at radius 1 is 1.04 bits per heavy atom. The lowest BCUT2D eigenvalue weighted by Gasteiger charge is -2.16. The highest BCUT2D eigenvalue weighted by atomic mass is 16.5. The van der Waals surface area contributed by atoms with Crippen LogP contribution in [0.25, 0.3) is 17.4 Å². The number of hydrogen-bond acceptors (Lipinski definition) is 4. The van der Waals surface area contributed by atoms with Crippen LogP contribution in [0.5, 0.6) is 0 Å². The lowest BCUT2D eigenvalue weighted by atomic mass is 9.86. The van der Waals surface area contributed by atoms with Gasteiger partial charge in [0.2, 0.25) is 0 Å². The van der Waals surface area contributed by atoms with Crippen molar-refractivity contribution >= 4 is 17.8 Å². The van der Waals surface area contributed by atoms with E-state index in [0.29, 0.717) is 30.1 Å². The zero-order valence-corrected chi connectivity index (χ0v) is 15.6. The number of ketones is 1. The first kappa shape index (κ1) is 18.0. The van der Waals surface area contributed by atoms with Crippen molar-refractivity contribution < 1.29 is 18.7 Å². The predicted molar refractivity (Wildman–Crippen MR) is 107 cm³/mol. The molecule has 0 saturated carbocycles. The number of benzene rings is 2. The third kappa shape index (κ3) is 3.54. The highest BCUT2D eigenvalue weighted by Gasteiger charge is 2.21. The molecular formula is C24H20O4. The van der Waals surface area contributed by atoms with Gasteiger partial charge in [0.25, 0.3) is 0 Å². The van der Waals surface area contributed by atoms with E-state index in [9.17, 15) is 9.59 Å². The molecule has 0 fully saturated rings. The number of furan rings is 1. The summed E-state index contributed by atoms with van der Waals surface area (Å²) in [6.07, 6.45) is 3.39. The van der Waals surface area contributed by atoms with Gasteiger partial charge in [-0.05, 0) is 55.7 Å². The molecule has 0 aliphatic heterocycles. The number of hydrogen-bond donors (Lipinski definition) is 0. The van der Waals surface area contributed by atoms with E-state index in [4.69, 9.17) is 9.15 Å². The van der Waals surface area contributed by atoms with Crippen LogP contribution in [-0.2, 0) is 11.2 Å². The molecule has 4 rings (SSSR count). The van der Waals surface area contributed by atoms with Gasteiger partial charge in [-0.25, -0.2) is 4.79 Å². The van der Waals surface area contributed by atoms with Gasteiger partial charge in [-0.2, -0.15) is 0 Å². The number of aryl methyl sites for hydroxylation is 1. The summed E-state index contributed by atoms with van der Waals surface area (Å²) in [6.45, 7) is 2.13. The first-order chi connectivity index (χ1) is 13.7. The molecule has 1 aliphatic carbocycles. The summed E-state index contributed by atoms with van der Waals surface area (Å²) in [6, 6.07) is 18.6. The SMILES string of the molecule is CCOC(=O)c1ccc(-c2ccc(/C=C3\CCc4ccccc4C3=O)o2)cc1. The van der Waals surface area contributed by atoms with E-state index >= 15 is 0 Å². The molecule has 4 heteroatoms. The van der Waals surface area contributed by atoms with Gasteiger partial charge in [0.05, 0.1) is 12.2 Å². The van der Waals surface area contributed by atoms with Crippen LogP contribution in [0.4, 0.5) is 0 Å². The van der Waals surface area contributed by atoms with Gasteiger partial charge in [-0.1, -0.05) is 36.4 Å². The second-order valence-corrected chi connectivity index (χ2v) is 6.66. The molecule has 0 atom stereocenters. The van der Waals surface area contributed by atoms with Gasteiger partial charge in [0.15, 0.2) is 5.78 Å². The maximum absolute atomic E-state index is 12.7. The van der Waals surface area contributed by atoms with Crippen LogP contribution in [0.15, 0.2) is 70.7 Å². The molecule has 0 radical (unpaired) electrons. The zero-order valence-electron chi connectivity index (χ0n) is 15.6. The third-order valence-electron chi connectivity index (χ3n) is 4.84. The van der Waals surface area contributed by atoms with Gasteiger partial charge in [0, 0.05) is 16.7 Å². The summed E-state index contributed by atoms with van der Waals surface area (Å²) in [4.78, 5) is 24.4. The molecule has 1 heterocycles. The highest BCUT2D eigenvalue weighted by Crippen LogP contribution is 2.29. The van der Waals surface area contributed by atoms with Crippen molar-refractivity contribution in [2.75, 3.05) is 6.61 Å². The fraction of sp³-hybridized carbons (Fsp3) is 0.167. The van der Waals surface area contributed by atoms with E-state index in [2.05, 4.69) is 0 Å². The minimum absolute atomic E-state index is 0.0681. The van der Waals surface area contributed by atoms with Gasteiger partial charge in [-0.3, -0.25) is 4.79 Å². The number of carbonyl (C=O) groups excluding carboxylic acids is 2. The largest absolute Gasteiger partial charge is 0.462 e. The Hall–Kier alpha value is -3.40. The molecular weight excluding hydrogens is 352 g/mol. The highest BCUT2D eigenvalue weighted by molar-refractivity contribution is 6.13. The molecule has 0 N–H and O–H groups in total. The van der Waals surface area contributed by atoms with Gasteiger partial charge >= 0.3 is 5.97 Å². The molecule has 2 aromatic carbocycles. The number of rotatable bonds is 4. The van der Waals surface area contributed by atoms with Gasteiger partial charge < -0.3 is 9.15 Å². The third-order valence-corrected chi connectivity index (χ3v) is 4.84. The number of allylic oxidation sites excluding steroid dienone is 1. The standard InChI is InChI=1S/C24H20O4/c1-2-27-24(26)18-10-8-17(9-11-18)22-14-13-20(28-22)15-19-12-7-16-5-3-4-6-21(16)23(19)25/h3-6,8-11,13-15H,2,7,12H2,1H3/b19-15+. The van der Waals surface area contributed by atoms with Crippen LogP contribution < -0.4 is 0 Å². The van der Waals surface area contributed by atoms with Crippen molar-refractivity contribution in [3.05, 3.63) is 88.7 Å². The predicted octanol–water partition coefficient (Wildman–Crippen LogP) is 5.34. The molecule has 1 aliphatic rings. The molecule has 1 aromatic heterocycles. The zero-order chi connectivity index (χ0) is 19.5.